The fourth-order valence-electron chi connectivity index (χ4n) is 2.66. The van der Waals surface area contributed by atoms with E-state index in [4.69, 9.17) is 4.74 Å². The number of amides is 1. The number of rotatable bonds is 3. The number of halogens is 4. The Morgan fingerprint density at radius 1 is 1.26 bits per heavy atom. The van der Waals surface area contributed by atoms with Crippen LogP contribution in [0, 0.1) is 0 Å². The van der Waals surface area contributed by atoms with Crippen molar-refractivity contribution >= 4 is 27.5 Å². The first kappa shape index (κ1) is 19.4. The summed E-state index contributed by atoms with van der Waals surface area (Å²) in [6, 6.07) is 12.0. The van der Waals surface area contributed by atoms with Gasteiger partial charge in [-0.25, -0.2) is 0 Å². The third kappa shape index (κ3) is 3.57. The van der Waals surface area contributed by atoms with Crippen molar-refractivity contribution in [3.8, 4) is 5.75 Å². The predicted octanol–water partition coefficient (Wildman–Crippen LogP) is 3.96. The number of ether oxygens (including phenoxy) is 1. The van der Waals surface area contributed by atoms with Crippen molar-refractivity contribution in [3.05, 3.63) is 64.1 Å². The zero-order valence-electron chi connectivity index (χ0n) is 14.0. The van der Waals surface area contributed by atoms with Crippen LogP contribution in [0.15, 0.2) is 58.1 Å². The molecular formula is C18H14BrF3N2O3. The summed E-state index contributed by atoms with van der Waals surface area (Å²) >= 11 is 3.24. The molecule has 0 saturated carbocycles. The largest absolute Gasteiger partial charge is 0.497 e. The fourth-order valence-corrected chi connectivity index (χ4v) is 3.06. The van der Waals surface area contributed by atoms with Crippen molar-refractivity contribution < 1.29 is 27.8 Å². The summed E-state index contributed by atoms with van der Waals surface area (Å²) in [7, 11) is 1.42. The molecule has 1 amide bonds. The fraction of sp³-hybridized carbons (Fsp3) is 0.222. The third-order valence-electron chi connectivity index (χ3n) is 4.13. The van der Waals surface area contributed by atoms with Gasteiger partial charge in [0.1, 0.15) is 5.75 Å². The first-order chi connectivity index (χ1) is 12.7. The van der Waals surface area contributed by atoms with E-state index >= 15 is 0 Å². The predicted molar refractivity (Wildman–Crippen MR) is 95.5 cm³/mol. The van der Waals surface area contributed by atoms with Gasteiger partial charge in [-0.3, -0.25) is 4.79 Å². The molecule has 1 aliphatic rings. The van der Waals surface area contributed by atoms with Crippen LogP contribution in [-0.4, -0.2) is 40.7 Å². The van der Waals surface area contributed by atoms with Gasteiger partial charge in [0.05, 0.1) is 19.2 Å². The van der Waals surface area contributed by atoms with Crippen LogP contribution in [0.2, 0.25) is 0 Å². The number of aliphatic hydroxyl groups is 1. The van der Waals surface area contributed by atoms with Crippen LogP contribution >= 0.6 is 15.9 Å². The highest BCUT2D eigenvalue weighted by atomic mass is 79.9. The number of hydrogen-bond donors (Lipinski definition) is 1. The molecule has 1 atom stereocenters. The maximum Gasteiger partial charge on any atom is 0.438 e. The number of nitrogens with zero attached hydrogens (tertiary/aromatic N) is 2. The highest BCUT2D eigenvalue weighted by Gasteiger charge is 2.63. The number of carbonyl (C=O) groups is 1. The average Bonchev–Trinajstić information content (AvgIpc) is 3.00. The van der Waals surface area contributed by atoms with Gasteiger partial charge in [0, 0.05) is 10.0 Å². The molecule has 0 aliphatic carbocycles. The minimum atomic E-state index is -5.09. The monoisotopic (exact) mass is 442 g/mol. The van der Waals surface area contributed by atoms with Gasteiger partial charge in [0.2, 0.25) is 0 Å². The van der Waals surface area contributed by atoms with Crippen molar-refractivity contribution in [2.45, 2.75) is 18.3 Å². The third-order valence-corrected chi connectivity index (χ3v) is 4.62. The second-order valence-electron chi connectivity index (χ2n) is 5.89. The second kappa shape index (κ2) is 6.97. The van der Waals surface area contributed by atoms with Crippen LogP contribution in [0.1, 0.15) is 22.3 Å². The van der Waals surface area contributed by atoms with Crippen LogP contribution < -0.4 is 4.74 Å². The molecule has 1 aliphatic heterocycles. The number of benzene rings is 2. The van der Waals surface area contributed by atoms with Gasteiger partial charge in [-0.1, -0.05) is 28.1 Å². The topological polar surface area (TPSA) is 62.1 Å². The van der Waals surface area contributed by atoms with E-state index in [1.807, 2.05) is 0 Å². The Balaban J connectivity index is 2.03. The molecular weight excluding hydrogens is 429 g/mol. The average molecular weight is 443 g/mol. The van der Waals surface area contributed by atoms with E-state index in [-0.39, 0.29) is 16.3 Å². The summed E-state index contributed by atoms with van der Waals surface area (Å²) in [6.07, 6.45) is -5.96. The van der Waals surface area contributed by atoms with Crippen LogP contribution in [-0.2, 0) is 0 Å². The molecule has 9 heteroatoms. The maximum atomic E-state index is 13.6. The Kier molecular flexibility index (Phi) is 5.00. The number of carbonyl (C=O) groups excluding carboxylic acids is 1. The zero-order valence-corrected chi connectivity index (χ0v) is 15.6. The molecule has 1 N–H and O–H groups in total. The summed E-state index contributed by atoms with van der Waals surface area (Å²) < 4.78 is 46.4. The molecule has 0 fully saturated rings. The van der Waals surface area contributed by atoms with Crippen LogP contribution in [0.25, 0.3) is 0 Å². The first-order valence-electron chi connectivity index (χ1n) is 7.77. The van der Waals surface area contributed by atoms with E-state index in [0.717, 1.165) is 0 Å². The molecule has 1 heterocycles. The first-order valence-corrected chi connectivity index (χ1v) is 8.56. The van der Waals surface area contributed by atoms with E-state index in [1.54, 1.807) is 24.3 Å². The summed E-state index contributed by atoms with van der Waals surface area (Å²) in [5.41, 5.74) is -3.16. The Morgan fingerprint density at radius 3 is 2.48 bits per heavy atom. The normalized spacial score (nSPS) is 19.8. The molecule has 27 heavy (non-hydrogen) atoms. The van der Waals surface area contributed by atoms with E-state index in [0.29, 0.717) is 15.8 Å². The molecule has 0 radical (unpaired) electrons. The van der Waals surface area contributed by atoms with Gasteiger partial charge in [0.15, 0.2) is 0 Å². The molecule has 0 aromatic heterocycles. The summed E-state index contributed by atoms with van der Waals surface area (Å²) in [4.78, 5) is 12.7. The second-order valence-corrected chi connectivity index (χ2v) is 6.81. The minimum absolute atomic E-state index is 0.0435. The van der Waals surface area contributed by atoms with Gasteiger partial charge < -0.3 is 9.84 Å². The standard InChI is InChI=1S/C18H14BrF3N2O3/c1-27-14-7-5-11(6-8-14)16(25)24-17(26,18(20,21)22)10-15(23-24)12-3-2-4-13(19)9-12/h2-9,26H,10H2,1H3/t17-/m0/s1. The van der Waals surface area contributed by atoms with Crippen LogP contribution in [0.5, 0.6) is 5.75 Å². The van der Waals surface area contributed by atoms with Crippen molar-refractivity contribution in [2.24, 2.45) is 5.10 Å². The minimum Gasteiger partial charge on any atom is -0.497 e. The molecule has 2 aromatic carbocycles. The lowest BCUT2D eigenvalue weighted by Crippen LogP contribution is -2.56. The highest BCUT2D eigenvalue weighted by molar-refractivity contribution is 9.10. The highest BCUT2D eigenvalue weighted by Crippen LogP contribution is 2.42. The molecule has 5 nitrogen and oxygen atoms in total. The Labute approximate surface area is 161 Å². The lowest BCUT2D eigenvalue weighted by atomic mass is 10.0. The summed E-state index contributed by atoms with van der Waals surface area (Å²) in [5, 5.41) is 14.3. The quantitative estimate of drug-likeness (QED) is 0.782. The smallest absolute Gasteiger partial charge is 0.438 e. The van der Waals surface area contributed by atoms with Crippen LogP contribution in [0.4, 0.5) is 13.2 Å². The van der Waals surface area contributed by atoms with E-state index < -0.39 is 24.2 Å². The number of methoxy groups -OCH3 is 1. The van der Waals surface area contributed by atoms with Crippen molar-refractivity contribution in [2.75, 3.05) is 7.11 Å². The van der Waals surface area contributed by atoms with E-state index in [2.05, 4.69) is 21.0 Å². The van der Waals surface area contributed by atoms with Gasteiger partial charge in [-0.2, -0.15) is 23.3 Å². The van der Waals surface area contributed by atoms with E-state index in [1.165, 1.54) is 31.4 Å². The molecule has 3 rings (SSSR count). The van der Waals surface area contributed by atoms with Gasteiger partial charge in [-0.05, 0) is 42.0 Å². The maximum absolute atomic E-state index is 13.6. The zero-order chi connectivity index (χ0) is 19.8. The van der Waals surface area contributed by atoms with Gasteiger partial charge in [0.25, 0.3) is 11.6 Å². The molecule has 0 spiro atoms. The Bertz CT molecular complexity index is 899. The van der Waals surface area contributed by atoms with Crippen molar-refractivity contribution in [3.63, 3.8) is 0 Å². The number of hydrazone groups is 1. The van der Waals surface area contributed by atoms with Crippen molar-refractivity contribution in [1.82, 2.24) is 5.01 Å². The molecule has 0 unspecified atom stereocenters. The Hall–Kier alpha value is -2.39. The molecule has 0 bridgehead atoms. The summed E-state index contributed by atoms with van der Waals surface area (Å²) in [5.74, 6) is -0.625. The van der Waals surface area contributed by atoms with Crippen molar-refractivity contribution in [1.29, 1.82) is 0 Å². The Morgan fingerprint density at radius 2 is 1.93 bits per heavy atom. The van der Waals surface area contributed by atoms with Crippen LogP contribution in [0.3, 0.4) is 0 Å². The molecule has 142 valence electrons. The van der Waals surface area contributed by atoms with Gasteiger partial charge in [-0.15, -0.1) is 0 Å². The lowest BCUT2D eigenvalue weighted by Gasteiger charge is -2.32. The lowest BCUT2D eigenvalue weighted by molar-refractivity contribution is -0.297. The SMILES string of the molecule is COc1ccc(C(=O)N2N=C(c3cccc(Br)c3)C[C@]2(O)C(F)(F)F)cc1. The summed E-state index contributed by atoms with van der Waals surface area (Å²) in [6.45, 7) is 0. The molecule has 0 saturated heterocycles. The number of hydrogen-bond acceptors (Lipinski definition) is 4. The van der Waals surface area contributed by atoms with Gasteiger partial charge >= 0.3 is 6.18 Å². The van der Waals surface area contributed by atoms with E-state index in [9.17, 15) is 23.1 Å². The molecule has 2 aromatic rings. The number of alkyl halides is 3.